The van der Waals surface area contributed by atoms with E-state index in [9.17, 15) is 0 Å². The van der Waals surface area contributed by atoms with E-state index in [0.29, 0.717) is 5.92 Å². The van der Waals surface area contributed by atoms with Gasteiger partial charge in [0.2, 0.25) is 0 Å². The fourth-order valence-electron chi connectivity index (χ4n) is 3.74. The van der Waals surface area contributed by atoms with Gasteiger partial charge in [-0.1, -0.05) is 22.4 Å². The monoisotopic (exact) mass is 325 g/mol. The lowest BCUT2D eigenvalue weighted by atomic mass is 9.97. The smallest absolute Gasteiger partial charge is 0.161 e. The van der Waals surface area contributed by atoms with E-state index in [4.69, 9.17) is 15.2 Å². The third-order valence-corrected chi connectivity index (χ3v) is 5.44. The Labute approximate surface area is 122 Å². The molecule has 0 amide bonds. The first kappa shape index (κ1) is 13.3. The fourth-order valence-corrected chi connectivity index (χ4v) is 4.33. The molecule has 2 N–H and O–H groups in total. The number of methoxy groups -OCH3 is 2. The summed E-state index contributed by atoms with van der Waals surface area (Å²) in [7, 11) is 3.31. The highest BCUT2D eigenvalue weighted by Gasteiger charge is 2.55. The van der Waals surface area contributed by atoms with Crippen molar-refractivity contribution >= 4 is 15.9 Å². The summed E-state index contributed by atoms with van der Waals surface area (Å²) in [5.41, 5.74) is 7.62. The van der Waals surface area contributed by atoms with E-state index in [1.807, 2.05) is 12.1 Å². The molecule has 0 bridgehead atoms. The predicted octanol–water partition coefficient (Wildman–Crippen LogP) is 3.51. The summed E-state index contributed by atoms with van der Waals surface area (Å²) in [6, 6.07) is 4.07. The molecule has 1 aromatic rings. The SMILES string of the molecule is COc1cc(Br)c(C(N)C2C3CCCC32)cc1OC. The molecule has 0 radical (unpaired) electrons. The molecule has 4 heteroatoms. The molecule has 19 heavy (non-hydrogen) atoms. The second kappa shape index (κ2) is 4.98. The summed E-state index contributed by atoms with van der Waals surface area (Å²) in [5, 5.41) is 0. The normalized spacial score (nSPS) is 29.8. The number of hydrogen-bond acceptors (Lipinski definition) is 3. The van der Waals surface area contributed by atoms with Gasteiger partial charge in [0.25, 0.3) is 0 Å². The largest absolute Gasteiger partial charge is 0.493 e. The van der Waals surface area contributed by atoms with Gasteiger partial charge in [0.1, 0.15) is 0 Å². The number of fused-ring (bicyclic) bond motifs is 1. The third kappa shape index (κ3) is 2.15. The van der Waals surface area contributed by atoms with Crippen LogP contribution in [0.2, 0.25) is 0 Å². The maximum absolute atomic E-state index is 6.48. The zero-order valence-electron chi connectivity index (χ0n) is 11.4. The summed E-state index contributed by atoms with van der Waals surface area (Å²) in [6.07, 6.45) is 4.09. The number of halogens is 1. The summed E-state index contributed by atoms with van der Waals surface area (Å²) in [6.45, 7) is 0. The number of rotatable bonds is 4. The second-order valence-corrected chi connectivity index (χ2v) is 6.44. The van der Waals surface area contributed by atoms with Crippen LogP contribution >= 0.6 is 15.9 Å². The molecule has 2 fully saturated rings. The molecule has 0 aromatic heterocycles. The van der Waals surface area contributed by atoms with Crippen molar-refractivity contribution in [2.45, 2.75) is 25.3 Å². The lowest BCUT2D eigenvalue weighted by Crippen LogP contribution is -2.16. The van der Waals surface area contributed by atoms with Crippen LogP contribution in [0.5, 0.6) is 11.5 Å². The van der Waals surface area contributed by atoms with E-state index in [0.717, 1.165) is 33.4 Å². The van der Waals surface area contributed by atoms with Gasteiger partial charge in [0, 0.05) is 10.5 Å². The Morgan fingerprint density at radius 1 is 1.16 bits per heavy atom. The van der Waals surface area contributed by atoms with Gasteiger partial charge in [-0.25, -0.2) is 0 Å². The van der Waals surface area contributed by atoms with Crippen LogP contribution in [-0.4, -0.2) is 14.2 Å². The molecule has 2 aliphatic carbocycles. The van der Waals surface area contributed by atoms with Gasteiger partial charge >= 0.3 is 0 Å². The van der Waals surface area contributed by atoms with Gasteiger partial charge in [0.05, 0.1) is 14.2 Å². The first-order chi connectivity index (χ1) is 9.17. The number of benzene rings is 1. The minimum absolute atomic E-state index is 0.101. The summed E-state index contributed by atoms with van der Waals surface area (Å²) >= 11 is 3.61. The van der Waals surface area contributed by atoms with Gasteiger partial charge in [-0.15, -0.1) is 0 Å². The van der Waals surface area contributed by atoms with E-state index in [1.165, 1.54) is 19.3 Å². The maximum atomic E-state index is 6.48. The van der Waals surface area contributed by atoms with Crippen LogP contribution in [0.25, 0.3) is 0 Å². The van der Waals surface area contributed by atoms with Crippen LogP contribution in [0.15, 0.2) is 16.6 Å². The lowest BCUT2D eigenvalue weighted by molar-refractivity contribution is 0.353. The Hall–Kier alpha value is -0.740. The average Bonchev–Trinajstić information content (AvgIpc) is 2.90. The molecule has 0 aliphatic heterocycles. The van der Waals surface area contributed by atoms with Crippen LogP contribution < -0.4 is 15.2 Å². The lowest BCUT2D eigenvalue weighted by Gasteiger charge is -2.18. The standard InChI is InChI=1S/C15H20BrNO2/c1-18-12-6-10(11(16)7-13(12)19-2)15(17)14-8-4-3-5-9(8)14/h6-9,14-15H,3-5,17H2,1-2H3. The number of ether oxygens (including phenoxy) is 2. The van der Waals surface area contributed by atoms with Crippen molar-refractivity contribution in [2.24, 2.45) is 23.5 Å². The van der Waals surface area contributed by atoms with Gasteiger partial charge in [0.15, 0.2) is 11.5 Å². The van der Waals surface area contributed by atoms with E-state index in [2.05, 4.69) is 15.9 Å². The molecule has 3 unspecified atom stereocenters. The van der Waals surface area contributed by atoms with E-state index < -0.39 is 0 Å². The predicted molar refractivity (Wildman–Crippen MR) is 78.5 cm³/mol. The second-order valence-electron chi connectivity index (χ2n) is 5.59. The van der Waals surface area contributed by atoms with Crippen molar-refractivity contribution in [2.75, 3.05) is 14.2 Å². The van der Waals surface area contributed by atoms with Gasteiger partial charge < -0.3 is 15.2 Å². The molecular weight excluding hydrogens is 306 g/mol. The van der Waals surface area contributed by atoms with Crippen LogP contribution in [0.1, 0.15) is 30.9 Å². The number of nitrogens with two attached hydrogens (primary N) is 1. The van der Waals surface area contributed by atoms with E-state index >= 15 is 0 Å². The zero-order valence-corrected chi connectivity index (χ0v) is 12.9. The van der Waals surface area contributed by atoms with Crippen molar-refractivity contribution in [3.05, 3.63) is 22.2 Å². The molecular formula is C15H20BrNO2. The Balaban J connectivity index is 1.87. The van der Waals surface area contributed by atoms with Crippen molar-refractivity contribution < 1.29 is 9.47 Å². The van der Waals surface area contributed by atoms with Gasteiger partial charge in [-0.05, 0) is 48.3 Å². The average molecular weight is 326 g/mol. The van der Waals surface area contributed by atoms with Crippen LogP contribution in [0, 0.1) is 17.8 Å². The Morgan fingerprint density at radius 3 is 2.32 bits per heavy atom. The molecule has 0 saturated heterocycles. The molecule has 3 atom stereocenters. The molecule has 104 valence electrons. The van der Waals surface area contributed by atoms with E-state index in [1.54, 1.807) is 14.2 Å². The molecule has 2 saturated carbocycles. The first-order valence-corrected chi connectivity index (χ1v) is 7.63. The minimum Gasteiger partial charge on any atom is -0.493 e. The minimum atomic E-state index is 0.101. The van der Waals surface area contributed by atoms with Crippen molar-refractivity contribution in [3.8, 4) is 11.5 Å². The quantitative estimate of drug-likeness (QED) is 0.921. The highest BCUT2D eigenvalue weighted by Crippen LogP contribution is 2.62. The summed E-state index contributed by atoms with van der Waals surface area (Å²) in [5.74, 6) is 3.86. The Kier molecular flexibility index (Phi) is 3.48. The molecule has 0 spiro atoms. The Bertz CT molecular complexity index is 481. The molecule has 2 aliphatic rings. The first-order valence-electron chi connectivity index (χ1n) is 6.84. The zero-order chi connectivity index (χ0) is 13.6. The number of hydrogen-bond donors (Lipinski definition) is 1. The van der Waals surface area contributed by atoms with Crippen LogP contribution in [-0.2, 0) is 0 Å². The third-order valence-electron chi connectivity index (χ3n) is 4.75. The van der Waals surface area contributed by atoms with E-state index in [-0.39, 0.29) is 6.04 Å². The van der Waals surface area contributed by atoms with Crippen molar-refractivity contribution in [1.29, 1.82) is 0 Å². The summed E-state index contributed by atoms with van der Waals surface area (Å²) in [4.78, 5) is 0. The highest BCUT2D eigenvalue weighted by atomic mass is 79.9. The molecule has 3 nitrogen and oxygen atoms in total. The maximum Gasteiger partial charge on any atom is 0.161 e. The summed E-state index contributed by atoms with van der Waals surface area (Å²) < 4.78 is 11.7. The highest BCUT2D eigenvalue weighted by molar-refractivity contribution is 9.10. The fraction of sp³-hybridized carbons (Fsp3) is 0.600. The van der Waals surface area contributed by atoms with Gasteiger partial charge in [-0.2, -0.15) is 0 Å². The molecule has 0 heterocycles. The van der Waals surface area contributed by atoms with Crippen LogP contribution in [0.4, 0.5) is 0 Å². The Morgan fingerprint density at radius 2 is 1.74 bits per heavy atom. The molecule has 1 aromatic carbocycles. The topological polar surface area (TPSA) is 44.5 Å². The van der Waals surface area contributed by atoms with Crippen molar-refractivity contribution in [3.63, 3.8) is 0 Å². The van der Waals surface area contributed by atoms with Crippen LogP contribution in [0.3, 0.4) is 0 Å². The van der Waals surface area contributed by atoms with Crippen molar-refractivity contribution in [1.82, 2.24) is 0 Å². The van der Waals surface area contributed by atoms with Gasteiger partial charge in [-0.3, -0.25) is 0 Å². The molecule has 3 rings (SSSR count).